The Hall–Kier alpha value is -2.45. The summed E-state index contributed by atoms with van der Waals surface area (Å²) in [6, 6.07) is 6.12. The van der Waals surface area contributed by atoms with E-state index in [1.807, 2.05) is 28.8 Å². The maximum atomic E-state index is 12.6. The summed E-state index contributed by atoms with van der Waals surface area (Å²) in [7, 11) is 0. The minimum absolute atomic E-state index is 0.0146. The molecule has 1 saturated carbocycles. The second-order valence-corrected chi connectivity index (χ2v) is 8.11. The normalized spacial score (nSPS) is 22.1. The van der Waals surface area contributed by atoms with Crippen molar-refractivity contribution in [1.82, 2.24) is 24.9 Å². The van der Waals surface area contributed by atoms with E-state index in [0.29, 0.717) is 31.1 Å². The number of amides is 2. The first-order valence-electron chi connectivity index (χ1n) is 10.5. The van der Waals surface area contributed by atoms with E-state index < -0.39 is 0 Å². The number of carbonyl (C=O) groups excluding carboxylic acids is 2. The maximum absolute atomic E-state index is 12.6. The van der Waals surface area contributed by atoms with Gasteiger partial charge in [0.15, 0.2) is 0 Å². The Kier molecular flexibility index (Phi) is 6.10. The molecule has 0 spiro atoms. The lowest BCUT2D eigenvalue weighted by Gasteiger charge is -2.30. The summed E-state index contributed by atoms with van der Waals surface area (Å²) in [4.78, 5) is 31.5. The molecule has 0 radical (unpaired) electrons. The number of fused-ring (bicyclic) bond motifs is 1. The summed E-state index contributed by atoms with van der Waals surface area (Å²) in [6.07, 6.45) is 8.49. The lowest BCUT2D eigenvalue weighted by molar-refractivity contribution is -0.122. The highest BCUT2D eigenvalue weighted by molar-refractivity contribution is 5.92. The quantitative estimate of drug-likeness (QED) is 0.580. The summed E-state index contributed by atoms with van der Waals surface area (Å²) < 4.78 is 1.84. The lowest BCUT2D eigenvalue weighted by Crippen LogP contribution is -2.45. The summed E-state index contributed by atoms with van der Waals surface area (Å²) in [5.74, 6) is 0.538. The summed E-state index contributed by atoms with van der Waals surface area (Å²) in [5, 5.41) is 14.7. The van der Waals surface area contributed by atoms with Crippen LogP contribution in [0, 0.1) is 5.92 Å². The van der Waals surface area contributed by atoms with Gasteiger partial charge in [0.2, 0.25) is 5.91 Å². The van der Waals surface area contributed by atoms with Crippen molar-refractivity contribution in [2.45, 2.75) is 44.2 Å². The van der Waals surface area contributed by atoms with Gasteiger partial charge in [-0.15, -0.1) is 0 Å². The number of carbonyl (C=O) groups is 2. The summed E-state index contributed by atoms with van der Waals surface area (Å²) in [5.41, 5.74) is 1.17. The zero-order chi connectivity index (χ0) is 20.2. The molecule has 8 heteroatoms. The van der Waals surface area contributed by atoms with E-state index in [4.69, 9.17) is 5.11 Å². The number of aliphatic hydroxyl groups excluding tert-OH is 1. The van der Waals surface area contributed by atoms with Crippen molar-refractivity contribution in [3.8, 4) is 0 Å². The fourth-order valence-corrected chi connectivity index (χ4v) is 4.18. The third kappa shape index (κ3) is 4.94. The molecule has 2 aromatic rings. The van der Waals surface area contributed by atoms with Crippen LogP contribution in [0.1, 0.15) is 42.6 Å². The molecule has 3 heterocycles. The second kappa shape index (κ2) is 8.92. The van der Waals surface area contributed by atoms with Crippen LogP contribution in [0.15, 0.2) is 30.6 Å². The van der Waals surface area contributed by atoms with Crippen molar-refractivity contribution in [2.24, 2.45) is 5.92 Å². The minimum Gasteiger partial charge on any atom is -0.395 e. The van der Waals surface area contributed by atoms with Gasteiger partial charge in [-0.05, 0) is 43.7 Å². The van der Waals surface area contributed by atoms with E-state index >= 15 is 0 Å². The Labute approximate surface area is 170 Å². The molecular formula is C21H29N5O3. The van der Waals surface area contributed by atoms with E-state index in [0.717, 1.165) is 25.0 Å². The van der Waals surface area contributed by atoms with E-state index in [-0.39, 0.29) is 30.5 Å². The van der Waals surface area contributed by atoms with Gasteiger partial charge in [-0.25, -0.2) is 4.98 Å². The number of nitrogens with one attached hydrogen (secondary N) is 2. The molecule has 8 nitrogen and oxygen atoms in total. The highest BCUT2D eigenvalue weighted by Crippen LogP contribution is 2.35. The van der Waals surface area contributed by atoms with Crippen molar-refractivity contribution >= 4 is 17.5 Å². The summed E-state index contributed by atoms with van der Waals surface area (Å²) in [6.45, 7) is 1.81. The van der Waals surface area contributed by atoms with Gasteiger partial charge < -0.3 is 20.1 Å². The molecule has 2 fully saturated rings. The minimum atomic E-state index is -0.163. The molecule has 2 aliphatic rings. The van der Waals surface area contributed by atoms with Crippen molar-refractivity contribution in [1.29, 1.82) is 0 Å². The fourth-order valence-electron chi connectivity index (χ4n) is 4.18. The predicted molar refractivity (Wildman–Crippen MR) is 108 cm³/mol. The van der Waals surface area contributed by atoms with E-state index in [1.54, 1.807) is 6.20 Å². The molecular weight excluding hydrogens is 370 g/mol. The zero-order valence-corrected chi connectivity index (χ0v) is 16.6. The van der Waals surface area contributed by atoms with E-state index in [9.17, 15) is 9.59 Å². The monoisotopic (exact) mass is 399 g/mol. The van der Waals surface area contributed by atoms with Crippen LogP contribution >= 0.6 is 0 Å². The standard InChI is InChI=1S/C21H29N5O3/c27-10-8-22-20(28)11-16-6-7-17(26(16)13-15-4-5-15)12-23-21(29)18-14-25-9-2-1-3-19(25)24-18/h1-3,9,14-17,27H,4-8,10-13H2,(H,22,28)(H,23,29)/t16-,17+/m1/s1. The molecule has 156 valence electrons. The molecule has 29 heavy (non-hydrogen) atoms. The largest absolute Gasteiger partial charge is 0.395 e. The van der Waals surface area contributed by atoms with Crippen LogP contribution in [0.4, 0.5) is 0 Å². The number of aromatic nitrogens is 2. The van der Waals surface area contributed by atoms with E-state index in [1.165, 1.54) is 12.8 Å². The molecule has 2 aromatic heterocycles. The number of hydrogen-bond donors (Lipinski definition) is 3. The van der Waals surface area contributed by atoms with Crippen LogP contribution in [-0.4, -0.2) is 69.5 Å². The molecule has 0 unspecified atom stereocenters. The number of imidazole rings is 1. The van der Waals surface area contributed by atoms with Crippen LogP contribution in [0.2, 0.25) is 0 Å². The van der Waals surface area contributed by atoms with Crippen molar-refractivity contribution in [3.63, 3.8) is 0 Å². The Morgan fingerprint density at radius 3 is 2.72 bits per heavy atom. The van der Waals surface area contributed by atoms with Gasteiger partial charge in [-0.3, -0.25) is 14.5 Å². The maximum Gasteiger partial charge on any atom is 0.271 e. The van der Waals surface area contributed by atoms with Gasteiger partial charge >= 0.3 is 0 Å². The molecule has 1 aliphatic carbocycles. The Morgan fingerprint density at radius 2 is 1.97 bits per heavy atom. The van der Waals surface area contributed by atoms with Crippen molar-refractivity contribution in [2.75, 3.05) is 26.2 Å². The molecule has 0 bridgehead atoms. The fraction of sp³-hybridized carbons (Fsp3) is 0.571. The highest BCUT2D eigenvalue weighted by atomic mass is 16.3. The van der Waals surface area contributed by atoms with Crippen LogP contribution in [0.5, 0.6) is 0 Å². The topological polar surface area (TPSA) is 99.0 Å². The third-order valence-electron chi connectivity index (χ3n) is 5.89. The lowest BCUT2D eigenvalue weighted by atomic mass is 10.1. The number of likely N-dealkylation sites (tertiary alicyclic amines) is 1. The van der Waals surface area contributed by atoms with Crippen LogP contribution < -0.4 is 10.6 Å². The van der Waals surface area contributed by atoms with Gasteiger partial charge in [-0.1, -0.05) is 6.07 Å². The number of rotatable bonds is 9. The van der Waals surface area contributed by atoms with Crippen LogP contribution in [0.3, 0.4) is 0 Å². The zero-order valence-electron chi connectivity index (χ0n) is 16.6. The molecule has 4 rings (SSSR count). The predicted octanol–water partition coefficient (Wildman–Crippen LogP) is 0.806. The van der Waals surface area contributed by atoms with Gasteiger partial charge in [0, 0.05) is 50.5 Å². The second-order valence-electron chi connectivity index (χ2n) is 8.11. The first-order valence-corrected chi connectivity index (χ1v) is 10.5. The molecule has 0 aromatic carbocycles. The SMILES string of the molecule is O=C(C[C@H]1CC[C@@H](CNC(=O)c2cn3ccccc3n2)N1CC1CC1)NCCO. The average Bonchev–Trinajstić information content (AvgIpc) is 3.31. The molecule has 3 N–H and O–H groups in total. The number of aliphatic hydroxyl groups is 1. The number of nitrogens with zero attached hydrogens (tertiary/aromatic N) is 3. The summed E-state index contributed by atoms with van der Waals surface area (Å²) >= 11 is 0. The number of hydrogen-bond acceptors (Lipinski definition) is 5. The Bertz CT molecular complexity index is 830. The van der Waals surface area contributed by atoms with Gasteiger partial charge in [-0.2, -0.15) is 0 Å². The first-order chi connectivity index (χ1) is 14.1. The van der Waals surface area contributed by atoms with Crippen LogP contribution in [-0.2, 0) is 4.79 Å². The third-order valence-corrected chi connectivity index (χ3v) is 5.89. The molecule has 2 atom stereocenters. The Morgan fingerprint density at radius 1 is 1.14 bits per heavy atom. The highest BCUT2D eigenvalue weighted by Gasteiger charge is 2.38. The average molecular weight is 399 g/mol. The first kappa shape index (κ1) is 19.8. The van der Waals surface area contributed by atoms with Gasteiger partial charge in [0.05, 0.1) is 6.61 Å². The molecule has 2 amide bonds. The smallest absolute Gasteiger partial charge is 0.271 e. The van der Waals surface area contributed by atoms with Gasteiger partial charge in [0.1, 0.15) is 11.3 Å². The van der Waals surface area contributed by atoms with E-state index in [2.05, 4.69) is 20.5 Å². The Balaban J connectivity index is 1.35. The number of pyridine rings is 1. The van der Waals surface area contributed by atoms with Gasteiger partial charge in [0.25, 0.3) is 5.91 Å². The van der Waals surface area contributed by atoms with Crippen molar-refractivity contribution in [3.05, 3.63) is 36.3 Å². The molecule has 1 saturated heterocycles. The van der Waals surface area contributed by atoms with Crippen LogP contribution in [0.25, 0.3) is 5.65 Å². The van der Waals surface area contributed by atoms with Crippen molar-refractivity contribution < 1.29 is 14.7 Å². The molecule has 1 aliphatic heterocycles.